The van der Waals surface area contributed by atoms with Crippen molar-refractivity contribution in [2.75, 3.05) is 5.43 Å². The number of benzene rings is 2. The van der Waals surface area contributed by atoms with Crippen LogP contribution in [-0.2, 0) is 4.79 Å². The van der Waals surface area contributed by atoms with E-state index in [0.29, 0.717) is 17.0 Å². The molecule has 1 aliphatic heterocycles. The molecule has 3 rings (SSSR count). The van der Waals surface area contributed by atoms with Gasteiger partial charge < -0.3 is 5.73 Å². The summed E-state index contributed by atoms with van der Waals surface area (Å²) in [5.74, 6) is -0.896. The third-order valence-corrected chi connectivity index (χ3v) is 3.39. The summed E-state index contributed by atoms with van der Waals surface area (Å²) in [7, 11) is 0. The van der Waals surface area contributed by atoms with Crippen molar-refractivity contribution in [3.63, 3.8) is 0 Å². The Labute approximate surface area is 142 Å². The molecule has 0 saturated carbocycles. The maximum absolute atomic E-state index is 12.9. The van der Waals surface area contributed by atoms with Gasteiger partial charge in [0.15, 0.2) is 10.8 Å². The van der Waals surface area contributed by atoms with Crippen molar-refractivity contribution in [2.24, 2.45) is 15.9 Å². The highest BCUT2D eigenvalue weighted by molar-refractivity contribution is 7.80. The van der Waals surface area contributed by atoms with E-state index >= 15 is 0 Å². The number of amides is 1. The van der Waals surface area contributed by atoms with Gasteiger partial charge in [-0.1, -0.05) is 30.3 Å². The van der Waals surface area contributed by atoms with Crippen LogP contribution < -0.4 is 11.2 Å². The molecule has 0 saturated heterocycles. The van der Waals surface area contributed by atoms with Gasteiger partial charge in [0.1, 0.15) is 11.5 Å². The predicted octanol–water partition coefficient (Wildman–Crippen LogP) is 2.08. The Morgan fingerprint density at radius 2 is 1.83 bits per heavy atom. The largest absolute Gasteiger partial charge is 0.374 e. The Hall–Kier alpha value is -3.13. The number of hydrogen-bond acceptors (Lipinski definition) is 5. The van der Waals surface area contributed by atoms with Gasteiger partial charge in [0, 0.05) is 5.56 Å². The minimum atomic E-state index is -0.532. The summed E-state index contributed by atoms with van der Waals surface area (Å²) >= 11 is 4.84. The number of nitrogens with two attached hydrogens (primary N) is 1. The average molecular weight is 341 g/mol. The van der Waals surface area contributed by atoms with Crippen LogP contribution in [0.25, 0.3) is 0 Å². The Bertz CT molecular complexity index is 849. The van der Waals surface area contributed by atoms with Crippen molar-refractivity contribution in [3.05, 3.63) is 66.0 Å². The number of nitrogens with zero attached hydrogens (tertiary/aromatic N) is 3. The Morgan fingerprint density at radius 3 is 2.46 bits per heavy atom. The molecule has 2 aromatic carbocycles. The standard InChI is InChI=1S/C16H12FN5OS/c17-11-6-8-12(9-7-11)19-20-14-13(10-4-2-1-3-5-10)21-22(15(14)23)16(18)24/h1-9,19H,(H2,18,24)/b20-14+. The lowest BCUT2D eigenvalue weighted by Gasteiger charge is -2.07. The van der Waals surface area contributed by atoms with Gasteiger partial charge in [-0.3, -0.25) is 10.2 Å². The minimum Gasteiger partial charge on any atom is -0.374 e. The number of hydrazone groups is 2. The van der Waals surface area contributed by atoms with Crippen molar-refractivity contribution >= 4 is 40.3 Å². The van der Waals surface area contributed by atoms with Crippen LogP contribution >= 0.6 is 12.2 Å². The third-order valence-electron chi connectivity index (χ3n) is 3.22. The van der Waals surface area contributed by atoms with Crippen molar-refractivity contribution in [1.82, 2.24) is 5.01 Å². The van der Waals surface area contributed by atoms with Gasteiger partial charge >= 0.3 is 5.91 Å². The van der Waals surface area contributed by atoms with Crippen LogP contribution in [0.5, 0.6) is 0 Å². The number of thiocarbonyl (C=S) groups is 1. The van der Waals surface area contributed by atoms with Crippen molar-refractivity contribution in [2.45, 2.75) is 0 Å². The highest BCUT2D eigenvalue weighted by Gasteiger charge is 2.34. The van der Waals surface area contributed by atoms with Crippen LogP contribution in [0.4, 0.5) is 10.1 Å². The van der Waals surface area contributed by atoms with E-state index in [1.165, 1.54) is 24.3 Å². The van der Waals surface area contributed by atoms with E-state index in [4.69, 9.17) is 18.0 Å². The first-order valence-electron chi connectivity index (χ1n) is 6.94. The SMILES string of the molecule is NC(=S)N1N=C(c2ccccc2)/C(=N\Nc2ccc(F)cc2)C1=O. The zero-order chi connectivity index (χ0) is 17.1. The molecular formula is C16H12FN5OS. The molecule has 2 aromatic rings. The van der Waals surface area contributed by atoms with E-state index in [1.54, 1.807) is 12.1 Å². The van der Waals surface area contributed by atoms with Gasteiger partial charge in [-0.15, -0.1) is 0 Å². The second kappa shape index (κ2) is 6.55. The molecule has 0 aliphatic carbocycles. The second-order valence-electron chi connectivity index (χ2n) is 4.85. The minimum absolute atomic E-state index is 0.0679. The van der Waals surface area contributed by atoms with Crippen molar-refractivity contribution < 1.29 is 9.18 Å². The van der Waals surface area contributed by atoms with Gasteiger partial charge in [-0.25, -0.2) is 4.39 Å². The summed E-state index contributed by atoms with van der Waals surface area (Å²) < 4.78 is 12.9. The summed E-state index contributed by atoms with van der Waals surface area (Å²) in [6.07, 6.45) is 0. The van der Waals surface area contributed by atoms with Crippen LogP contribution in [0.15, 0.2) is 64.8 Å². The summed E-state index contributed by atoms with van der Waals surface area (Å²) in [4.78, 5) is 12.4. The molecule has 0 fully saturated rings. The molecule has 24 heavy (non-hydrogen) atoms. The van der Waals surface area contributed by atoms with E-state index in [0.717, 1.165) is 5.01 Å². The fourth-order valence-corrected chi connectivity index (χ4v) is 2.20. The van der Waals surface area contributed by atoms with Gasteiger partial charge in [0.25, 0.3) is 0 Å². The van der Waals surface area contributed by atoms with Crippen molar-refractivity contribution in [1.29, 1.82) is 0 Å². The lowest BCUT2D eigenvalue weighted by Crippen LogP contribution is -2.36. The zero-order valence-electron chi connectivity index (χ0n) is 12.3. The molecule has 8 heteroatoms. The molecule has 6 nitrogen and oxygen atoms in total. The summed E-state index contributed by atoms with van der Waals surface area (Å²) in [5.41, 5.74) is 9.88. The number of carbonyl (C=O) groups is 1. The molecule has 1 amide bonds. The van der Waals surface area contributed by atoms with Crippen LogP contribution in [0.1, 0.15) is 5.56 Å². The van der Waals surface area contributed by atoms with E-state index in [2.05, 4.69) is 15.6 Å². The van der Waals surface area contributed by atoms with Gasteiger partial charge in [0.05, 0.1) is 5.69 Å². The first-order valence-corrected chi connectivity index (χ1v) is 7.34. The molecule has 1 heterocycles. The molecule has 0 radical (unpaired) electrons. The summed E-state index contributed by atoms with van der Waals surface area (Å²) in [5, 5.41) is 9.00. The summed E-state index contributed by atoms with van der Waals surface area (Å²) in [6, 6.07) is 14.6. The Morgan fingerprint density at radius 1 is 1.17 bits per heavy atom. The number of nitrogens with one attached hydrogen (secondary N) is 1. The van der Waals surface area contributed by atoms with Crippen LogP contribution in [0.2, 0.25) is 0 Å². The van der Waals surface area contributed by atoms with Gasteiger partial charge in [-0.05, 0) is 36.5 Å². The van der Waals surface area contributed by atoms with Crippen LogP contribution in [-0.4, -0.2) is 27.5 Å². The Balaban J connectivity index is 1.95. The lowest BCUT2D eigenvalue weighted by molar-refractivity contribution is -0.119. The molecule has 0 spiro atoms. The first-order chi connectivity index (χ1) is 11.6. The lowest BCUT2D eigenvalue weighted by atomic mass is 10.1. The van der Waals surface area contributed by atoms with Gasteiger partial charge in [-0.2, -0.15) is 15.2 Å². The fourth-order valence-electron chi connectivity index (χ4n) is 2.08. The molecule has 0 atom stereocenters. The highest BCUT2D eigenvalue weighted by atomic mass is 32.1. The summed E-state index contributed by atoms with van der Waals surface area (Å²) in [6.45, 7) is 0. The number of carbonyl (C=O) groups excluding carboxylic acids is 1. The topological polar surface area (TPSA) is 83.1 Å². The molecule has 0 aromatic heterocycles. The molecular weight excluding hydrogens is 329 g/mol. The monoisotopic (exact) mass is 341 g/mol. The number of anilines is 1. The maximum atomic E-state index is 12.9. The van der Waals surface area contributed by atoms with Crippen LogP contribution in [0.3, 0.4) is 0 Å². The number of hydrogen-bond donors (Lipinski definition) is 2. The molecule has 0 unspecified atom stereocenters. The maximum Gasteiger partial charge on any atom is 0.303 e. The number of rotatable bonds is 3. The highest BCUT2D eigenvalue weighted by Crippen LogP contribution is 2.15. The second-order valence-corrected chi connectivity index (χ2v) is 5.27. The zero-order valence-corrected chi connectivity index (χ0v) is 13.1. The molecule has 120 valence electrons. The smallest absolute Gasteiger partial charge is 0.303 e. The molecule has 0 bridgehead atoms. The first kappa shape index (κ1) is 15.8. The normalized spacial score (nSPS) is 15.5. The average Bonchev–Trinajstić information content (AvgIpc) is 2.92. The quantitative estimate of drug-likeness (QED) is 0.661. The van der Waals surface area contributed by atoms with E-state index < -0.39 is 5.91 Å². The van der Waals surface area contributed by atoms with Crippen molar-refractivity contribution in [3.8, 4) is 0 Å². The fraction of sp³-hybridized carbons (Fsp3) is 0. The van der Waals surface area contributed by atoms with Gasteiger partial charge in [0.2, 0.25) is 0 Å². The third kappa shape index (κ3) is 3.13. The van der Waals surface area contributed by atoms with E-state index in [-0.39, 0.29) is 16.6 Å². The Kier molecular flexibility index (Phi) is 4.30. The molecule has 3 N–H and O–H groups in total. The van der Waals surface area contributed by atoms with E-state index in [1.807, 2.05) is 18.2 Å². The molecule has 1 aliphatic rings. The van der Waals surface area contributed by atoms with E-state index in [9.17, 15) is 9.18 Å². The van der Waals surface area contributed by atoms with Crippen LogP contribution in [0, 0.1) is 5.82 Å². The number of halogens is 1. The predicted molar refractivity (Wildman–Crippen MR) is 94.1 cm³/mol.